The molecule has 0 aromatic carbocycles. The Bertz CT molecular complexity index is 377. The summed E-state index contributed by atoms with van der Waals surface area (Å²) >= 11 is 0. The highest BCUT2D eigenvalue weighted by Crippen LogP contribution is 2.55. The van der Waals surface area contributed by atoms with Gasteiger partial charge >= 0.3 is 11.9 Å². The predicted molar refractivity (Wildman–Crippen MR) is 83.7 cm³/mol. The first kappa shape index (κ1) is 19.9. The van der Waals surface area contributed by atoms with E-state index in [4.69, 9.17) is 9.47 Å². The molecule has 4 heteroatoms. The molecule has 2 saturated carbocycles. The van der Waals surface area contributed by atoms with Crippen LogP contribution in [-0.4, -0.2) is 24.6 Å². The Labute approximate surface area is 129 Å². The Kier molecular flexibility index (Phi) is 6.91. The third-order valence-electron chi connectivity index (χ3n) is 5.35. The Morgan fingerprint density at radius 3 is 2.29 bits per heavy atom. The van der Waals surface area contributed by atoms with E-state index in [9.17, 15) is 9.59 Å². The van der Waals surface area contributed by atoms with Gasteiger partial charge in [0, 0.05) is 6.42 Å². The van der Waals surface area contributed by atoms with Crippen molar-refractivity contribution in [1.82, 2.24) is 0 Å². The monoisotopic (exact) mass is 300 g/mol. The molecule has 124 valence electrons. The van der Waals surface area contributed by atoms with Crippen LogP contribution in [0.4, 0.5) is 0 Å². The van der Waals surface area contributed by atoms with E-state index in [1.807, 2.05) is 0 Å². The van der Waals surface area contributed by atoms with E-state index in [1.54, 1.807) is 0 Å². The third-order valence-corrected chi connectivity index (χ3v) is 5.35. The van der Waals surface area contributed by atoms with Crippen LogP contribution in [0.15, 0.2) is 0 Å². The summed E-state index contributed by atoms with van der Waals surface area (Å²) in [5.41, 5.74) is 0. The minimum Gasteiger partial charge on any atom is -0.463 e. The van der Waals surface area contributed by atoms with Crippen molar-refractivity contribution >= 4 is 11.9 Å². The summed E-state index contributed by atoms with van der Waals surface area (Å²) in [5, 5.41) is 0. The van der Waals surface area contributed by atoms with Gasteiger partial charge in [-0.2, -0.15) is 0 Å². The van der Waals surface area contributed by atoms with Crippen LogP contribution < -0.4 is 0 Å². The van der Waals surface area contributed by atoms with Crippen molar-refractivity contribution in [1.29, 1.82) is 0 Å². The van der Waals surface area contributed by atoms with E-state index in [2.05, 4.69) is 13.8 Å². The number of carbonyl (C=O) groups excluding carboxylic acids is 2. The highest BCUT2D eigenvalue weighted by Gasteiger charge is 2.52. The van der Waals surface area contributed by atoms with Crippen LogP contribution in [0, 0.1) is 29.6 Å². The van der Waals surface area contributed by atoms with Crippen LogP contribution in [0.5, 0.6) is 0 Å². The van der Waals surface area contributed by atoms with E-state index in [1.165, 1.54) is 0 Å². The predicted octanol–water partition coefficient (Wildman–Crippen LogP) is 3.68. The highest BCUT2D eigenvalue weighted by atomic mass is 16.6. The van der Waals surface area contributed by atoms with Gasteiger partial charge in [-0.05, 0) is 36.5 Å². The molecular weight excluding hydrogens is 268 g/mol. The lowest BCUT2D eigenvalue weighted by molar-refractivity contribution is -0.165. The van der Waals surface area contributed by atoms with Crippen molar-refractivity contribution in [3.05, 3.63) is 0 Å². The summed E-state index contributed by atoms with van der Waals surface area (Å²) in [6, 6.07) is 0. The van der Waals surface area contributed by atoms with Crippen LogP contribution in [0.1, 0.15) is 55.4 Å². The highest BCUT2D eigenvalue weighted by molar-refractivity contribution is 5.81. The molecule has 0 amide bonds. The zero-order valence-electron chi connectivity index (χ0n) is 10.9. The van der Waals surface area contributed by atoms with Gasteiger partial charge in [-0.3, -0.25) is 4.79 Å². The molecule has 0 aromatic rings. The number of ether oxygens (including phenoxy) is 2. The van der Waals surface area contributed by atoms with Gasteiger partial charge in [-0.1, -0.05) is 36.1 Å². The quantitative estimate of drug-likeness (QED) is 0.730. The van der Waals surface area contributed by atoms with E-state index in [-0.39, 0.29) is 40.1 Å². The number of hydrogen-bond donors (Lipinski definition) is 0. The average molecular weight is 300 g/mol. The molecule has 1 heterocycles. The Balaban J connectivity index is 0.00000133. The molecule has 6 unspecified atom stereocenters. The number of cyclic esters (lactones) is 1. The molecule has 6 atom stereocenters. The van der Waals surface area contributed by atoms with Crippen molar-refractivity contribution in [3.8, 4) is 0 Å². The number of esters is 2. The lowest BCUT2D eigenvalue weighted by Gasteiger charge is -2.30. The van der Waals surface area contributed by atoms with Gasteiger partial charge < -0.3 is 9.47 Å². The molecule has 1 saturated heterocycles. The van der Waals surface area contributed by atoms with Crippen LogP contribution in [0.25, 0.3) is 0 Å². The van der Waals surface area contributed by atoms with Crippen LogP contribution in [-0.2, 0) is 19.1 Å². The largest absolute Gasteiger partial charge is 0.463 e. The average Bonchev–Trinajstić information content (AvgIpc) is 2.99. The lowest BCUT2D eigenvalue weighted by Crippen LogP contribution is -2.34. The van der Waals surface area contributed by atoms with Gasteiger partial charge in [-0.25, -0.2) is 4.79 Å². The second-order valence-electron chi connectivity index (χ2n) is 6.10. The lowest BCUT2D eigenvalue weighted by atomic mass is 9.76. The first-order chi connectivity index (χ1) is 8.58. The van der Waals surface area contributed by atoms with Gasteiger partial charge in [0.15, 0.2) is 0 Å². The fraction of sp³-hybridized carbons (Fsp3) is 0.882. The normalized spacial score (nSPS) is 39.6. The molecule has 1 aliphatic heterocycles. The smallest absolute Gasteiger partial charge is 0.347 e. The third kappa shape index (κ3) is 3.24. The van der Waals surface area contributed by atoms with Crippen molar-refractivity contribution in [3.63, 3.8) is 0 Å². The maximum atomic E-state index is 12.2. The van der Waals surface area contributed by atoms with Crippen molar-refractivity contribution in [2.24, 2.45) is 29.6 Å². The maximum absolute atomic E-state index is 12.2. The SMILES string of the molecule is C.C.C.CC1C2CC(C(=O)OC3CCOC3=O)C(C2)C1C. The summed E-state index contributed by atoms with van der Waals surface area (Å²) in [5.74, 6) is 1.88. The molecule has 21 heavy (non-hydrogen) atoms. The van der Waals surface area contributed by atoms with Gasteiger partial charge in [0.2, 0.25) is 6.10 Å². The molecule has 2 bridgehead atoms. The van der Waals surface area contributed by atoms with E-state index < -0.39 is 6.10 Å². The van der Waals surface area contributed by atoms with Gasteiger partial charge in [0.25, 0.3) is 0 Å². The molecule has 3 aliphatic rings. The molecule has 0 aromatic heterocycles. The van der Waals surface area contributed by atoms with Crippen molar-refractivity contribution in [2.45, 2.75) is 61.5 Å². The Hall–Kier alpha value is -1.06. The molecule has 2 aliphatic carbocycles. The number of hydrogen-bond acceptors (Lipinski definition) is 4. The maximum Gasteiger partial charge on any atom is 0.347 e. The fourth-order valence-corrected chi connectivity index (χ4v) is 4.02. The number of rotatable bonds is 2. The zero-order chi connectivity index (χ0) is 12.9. The van der Waals surface area contributed by atoms with Crippen LogP contribution >= 0.6 is 0 Å². The minimum absolute atomic E-state index is 0. The molecular formula is C17H32O4. The summed E-state index contributed by atoms with van der Waals surface area (Å²) < 4.78 is 10.1. The molecule has 4 nitrogen and oxygen atoms in total. The van der Waals surface area contributed by atoms with E-state index in [0.29, 0.717) is 30.8 Å². The van der Waals surface area contributed by atoms with E-state index >= 15 is 0 Å². The standard InChI is InChI=1S/C14H20O4.3CH4/c1-7-8(2)10-5-9(7)6-11(10)13(15)18-12-3-4-17-14(12)16;;;/h7-12H,3-6H2,1-2H3;3*1H4. The zero-order valence-corrected chi connectivity index (χ0v) is 10.9. The summed E-state index contributed by atoms with van der Waals surface area (Å²) in [6.07, 6.45) is 1.95. The Morgan fingerprint density at radius 1 is 1.14 bits per heavy atom. The first-order valence-corrected chi connectivity index (χ1v) is 6.95. The van der Waals surface area contributed by atoms with Gasteiger partial charge in [-0.15, -0.1) is 0 Å². The van der Waals surface area contributed by atoms with Crippen molar-refractivity contribution < 1.29 is 19.1 Å². The topological polar surface area (TPSA) is 52.6 Å². The fourth-order valence-electron chi connectivity index (χ4n) is 4.02. The second-order valence-corrected chi connectivity index (χ2v) is 6.10. The molecule has 3 rings (SSSR count). The van der Waals surface area contributed by atoms with Crippen LogP contribution in [0.2, 0.25) is 0 Å². The van der Waals surface area contributed by atoms with Crippen LogP contribution in [0.3, 0.4) is 0 Å². The Morgan fingerprint density at radius 2 is 1.81 bits per heavy atom. The van der Waals surface area contributed by atoms with E-state index in [0.717, 1.165) is 18.8 Å². The summed E-state index contributed by atoms with van der Waals surface area (Å²) in [4.78, 5) is 23.5. The van der Waals surface area contributed by atoms with Crippen molar-refractivity contribution in [2.75, 3.05) is 6.61 Å². The number of carbonyl (C=O) groups is 2. The molecule has 0 spiro atoms. The van der Waals surface area contributed by atoms with Gasteiger partial charge in [0.1, 0.15) is 0 Å². The second kappa shape index (κ2) is 7.28. The molecule has 0 radical (unpaired) electrons. The minimum atomic E-state index is -0.649. The first-order valence-electron chi connectivity index (χ1n) is 6.95. The summed E-state index contributed by atoms with van der Waals surface area (Å²) in [6.45, 7) is 4.89. The molecule has 0 N–H and O–H groups in total. The molecule has 3 fully saturated rings. The van der Waals surface area contributed by atoms with Gasteiger partial charge in [0.05, 0.1) is 12.5 Å². The summed E-state index contributed by atoms with van der Waals surface area (Å²) in [7, 11) is 0. The number of fused-ring (bicyclic) bond motifs is 2.